The first-order valence-electron chi connectivity index (χ1n) is 7.36. The van der Waals surface area contributed by atoms with Crippen LogP contribution in [0.3, 0.4) is 0 Å². The van der Waals surface area contributed by atoms with Crippen molar-refractivity contribution in [3.05, 3.63) is 29.8 Å². The summed E-state index contributed by atoms with van der Waals surface area (Å²) in [6.07, 6.45) is 0.233. The second-order valence-electron chi connectivity index (χ2n) is 7.17. The van der Waals surface area contributed by atoms with Crippen molar-refractivity contribution in [2.24, 2.45) is 5.41 Å². The molecule has 0 radical (unpaired) electrons. The average molecular weight is 306 g/mol. The molecule has 0 bridgehead atoms. The lowest BCUT2D eigenvalue weighted by molar-refractivity contribution is -0.123. The fourth-order valence-corrected chi connectivity index (χ4v) is 1.67. The predicted octanol–water partition coefficient (Wildman–Crippen LogP) is 2.10. The molecule has 0 atom stereocenters. The second kappa shape index (κ2) is 6.92. The minimum atomic E-state index is -0.627. The largest absolute Gasteiger partial charge is 0.394 e. The van der Waals surface area contributed by atoms with Crippen LogP contribution in [-0.2, 0) is 16.0 Å². The normalized spacial score (nSPS) is 11.9. The molecule has 0 spiro atoms. The topological polar surface area (TPSA) is 78.4 Å². The first kappa shape index (κ1) is 18.2. The van der Waals surface area contributed by atoms with Gasteiger partial charge in [-0.2, -0.15) is 0 Å². The van der Waals surface area contributed by atoms with Crippen molar-refractivity contribution in [2.45, 2.75) is 46.6 Å². The van der Waals surface area contributed by atoms with E-state index in [1.807, 2.05) is 32.9 Å². The molecule has 5 nitrogen and oxygen atoms in total. The van der Waals surface area contributed by atoms with Crippen LogP contribution in [0.4, 0.5) is 5.69 Å². The fourth-order valence-electron chi connectivity index (χ4n) is 1.67. The van der Waals surface area contributed by atoms with Crippen molar-refractivity contribution in [1.82, 2.24) is 5.32 Å². The van der Waals surface area contributed by atoms with Gasteiger partial charge in [-0.1, -0.05) is 32.9 Å². The summed E-state index contributed by atoms with van der Waals surface area (Å²) in [4.78, 5) is 23.8. The molecule has 0 saturated carbocycles. The van der Waals surface area contributed by atoms with Crippen molar-refractivity contribution >= 4 is 17.5 Å². The number of anilines is 1. The number of aliphatic hydroxyl groups excluding tert-OH is 1. The van der Waals surface area contributed by atoms with Crippen LogP contribution in [0.2, 0.25) is 0 Å². The summed E-state index contributed by atoms with van der Waals surface area (Å²) in [5, 5.41) is 14.7. The lowest BCUT2D eigenvalue weighted by Gasteiger charge is -2.23. The van der Waals surface area contributed by atoms with E-state index in [1.165, 1.54) is 0 Å². The molecule has 3 N–H and O–H groups in total. The van der Waals surface area contributed by atoms with Crippen molar-refractivity contribution in [2.75, 3.05) is 11.9 Å². The van der Waals surface area contributed by atoms with Crippen LogP contribution in [0.1, 0.15) is 40.2 Å². The van der Waals surface area contributed by atoms with Crippen molar-refractivity contribution < 1.29 is 14.7 Å². The Kier molecular flexibility index (Phi) is 5.72. The Morgan fingerprint density at radius 3 is 2.05 bits per heavy atom. The highest BCUT2D eigenvalue weighted by Crippen LogP contribution is 2.18. The third-order valence-electron chi connectivity index (χ3n) is 3.13. The van der Waals surface area contributed by atoms with Gasteiger partial charge in [-0.25, -0.2) is 0 Å². The number of amides is 2. The van der Waals surface area contributed by atoms with E-state index in [-0.39, 0.29) is 24.8 Å². The number of hydrogen-bond acceptors (Lipinski definition) is 3. The van der Waals surface area contributed by atoms with Gasteiger partial charge in [-0.05, 0) is 31.5 Å². The highest BCUT2D eigenvalue weighted by molar-refractivity contribution is 5.94. The molecule has 1 rings (SSSR count). The summed E-state index contributed by atoms with van der Waals surface area (Å²) < 4.78 is 0. The quantitative estimate of drug-likeness (QED) is 0.779. The van der Waals surface area contributed by atoms with E-state index in [4.69, 9.17) is 5.11 Å². The van der Waals surface area contributed by atoms with Crippen molar-refractivity contribution in [3.63, 3.8) is 0 Å². The maximum atomic E-state index is 11.9. The van der Waals surface area contributed by atoms with Gasteiger partial charge >= 0.3 is 0 Å². The first-order valence-corrected chi connectivity index (χ1v) is 7.36. The van der Waals surface area contributed by atoms with E-state index in [1.54, 1.807) is 26.0 Å². The third kappa shape index (κ3) is 5.85. The summed E-state index contributed by atoms with van der Waals surface area (Å²) in [7, 11) is 0. The molecule has 22 heavy (non-hydrogen) atoms. The number of rotatable bonds is 5. The lowest BCUT2D eigenvalue weighted by Crippen LogP contribution is -2.46. The van der Waals surface area contributed by atoms with Gasteiger partial charge in [0.15, 0.2) is 0 Å². The zero-order valence-electron chi connectivity index (χ0n) is 14.0. The van der Waals surface area contributed by atoms with E-state index >= 15 is 0 Å². The smallest absolute Gasteiger partial charge is 0.229 e. The maximum absolute atomic E-state index is 11.9. The van der Waals surface area contributed by atoms with Gasteiger partial charge in [0.1, 0.15) is 0 Å². The predicted molar refractivity (Wildman–Crippen MR) is 87.5 cm³/mol. The summed E-state index contributed by atoms with van der Waals surface area (Å²) in [5.74, 6) is -0.201. The molecule has 1 aromatic carbocycles. The van der Waals surface area contributed by atoms with Gasteiger partial charge in [0, 0.05) is 11.1 Å². The molecular formula is C17H26N2O3. The molecule has 0 fully saturated rings. The number of hydrogen-bond donors (Lipinski definition) is 3. The molecule has 2 amide bonds. The van der Waals surface area contributed by atoms with Gasteiger partial charge in [0.2, 0.25) is 11.8 Å². The highest BCUT2D eigenvalue weighted by atomic mass is 16.3. The molecule has 122 valence electrons. The number of carbonyl (C=O) groups is 2. The lowest BCUT2D eigenvalue weighted by atomic mass is 9.95. The molecule has 0 aliphatic rings. The van der Waals surface area contributed by atoms with E-state index in [2.05, 4.69) is 10.6 Å². The Morgan fingerprint density at radius 2 is 1.59 bits per heavy atom. The standard InChI is InChI=1S/C17H26N2O3/c1-16(2,3)15(22)18-13-8-6-12(7-9-13)10-14(21)19-17(4,5)11-20/h6-9,20H,10-11H2,1-5H3,(H,18,22)(H,19,21). The van der Waals surface area contributed by atoms with Gasteiger partial charge in [-0.15, -0.1) is 0 Å². The molecule has 0 unspecified atom stereocenters. The summed E-state index contributed by atoms with van der Waals surface area (Å²) in [6.45, 7) is 8.96. The number of nitrogens with one attached hydrogen (secondary N) is 2. The van der Waals surface area contributed by atoms with Crippen molar-refractivity contribution in [3.8, 4) is 0 Å². The van der Waals surface area contributed by atoms with Crippen molar-refractivity contribution in [1.29, 1.82) is 0 Å². The molecule has 1 aromatic rings. The van der Waals surface area contributed by atoms with E-state index in [0.29, 0.717) is 5.69 Å². The Labute approximate surface area is 132 Å². The zero-order chi connectivity index (χ0) is 17.0. The summed E-state index contributed by atoms with van der Waals surface area (Å²) >= 11 is 0. The number of carbonyl (C=O) groups excluding carboxylic acids is 2. The Hall–Kier alpha value is -1.88. The van der Waals surface area contributed by atoms with Crippen LogP contribution < -0.4 is 10.6 Å². The highest BCUT2D eigenvalue weighted by Gasteiger charge is 2.21. The average Bonchev–Trinajstić information content (AvgIpc) is 2.39. The minimum absolute atomic E-state index is 0.0531. The van der Waals surface area contributed by atoms with E-state index in [0.717, 1.165) is 5.56 Å². The van der Waals surface area contributed by atoms with E-state index < -0.39 is 11.0 Å². The fraction of sp³-hybridized carbons (Fsp3) is 0.529. The third-order valence-corrected chi connectivity index (χ3v) is 3.13. The SMILES string of the molecule is CC(C)(CO)NC(=O)Cc1ccc(NC(=O)C(C)(C)C)cc1. The summed E-state index contributed by atoms with van der Waals surface area (Å²) in [6, 6.07) is 7.18. The number of aliphatic hydroxyl groups is 1. The van der Waals surface area contributed by atoms with Crippen LogP contribution in [0.25, 0.3) is 0 Å². The maximum Gasteiger partial charge on any atom is 0.229 e. The number of benzene rings is 1. The van der Waals surface area contributed by atoms with Gasteiger partial charge in [-0.3, -0.25) is 9.59 Å². The molecule has 0 saturated heterocycles. The molecule has 0 heterocycles. The van der Waals surface area contributed by atoms with Crippen LogP contribution in [-0.4, -0.2) is 29.1 Å². The molecular weight excluding hydrogens is 280 g/mol. The molecule has 5 heteroatoms. The monoisotopic (exact) mass is 306 g/mol. The van der Waals surface area contributed by atoms with Crippen LogP contribution in [0, 0.1) is 5.41 Å². The second-order valence-corrected chi connectivity index (χ2v) is 7.17. The van der Waals surface area contributed by atoms with Crippen LogP contribution in [0.5, 0.6) is 0 Å². The van der Waals surface area contributed by atoms with E-state index in [9.17, 15) is 9.59 Å². The Bertz CT molecular complexity index is 528. The summed E-state index contributed by atoms with van der Waals surface area (Å²) in [5.41, 5.74) is 0.478. The molecule has 0 aromatic heterocycles. The Balaban J connectivity index is 2.62. The molecule has 0 aliphatic heterocycles. The van der Waals surface area contributed by atoms with Gasteiger partial charge < -0.3 is 15.7 Å². The van der Waals surface area contributed by atoms with Crippen LogP contribution in [0.15, 0.2) is 24.3 Å². The minimum Gasteiger partial charge on any atom is -0.394 e. The first-order chi connectivity index (χ1) is 10.0. The van der Waals surface area contributed by atoms with Gasteiger partial charge in [0.05, 0.1) is 18.6 Å². The van der Waals surface area contributed by atoms with Crippen LogP contribution >= 0.6 is 0 Å². The Morgan fingerprint density at radius 1 is 1.05 bits per heavy atom. The molecule has 0 aliphatic carbocycles. The zero-order valence-corrected chi connectivity index (χ0v) is 14.0. The van der Waals surface area contributed by atoms with Gasteiger partial charge in [0.25, 0.3) is 0 Å².